The van der Waals surface area contributed by atoms with Crippen LogP contribution >= 0.6 is 11.6 Å². The van der Waals surface area contributed by atoms with Crippen LogP contribution < -0.4 is 14.9 Å². The van der Waals surface area contributed by atoms with Crippen LogP contribution in [0.2, 0.25) is 5.02 Å². The highest BCUT2D eigenvalue weighted by atomic mass is 35.5. The van der Waals surface area contributed by atoms with Crippen LogP contribution in [0.5, 0.6) is 0 Å². The van der Waals surface area contributed by atoms with E-state index in [4.69, 9.17) is 11.6 Å². The van der Waals surface area contributed by atoms with Crippen LogP contribution in [0.25, 0.3) is 0 Å². The molecule has 1 amide bonds. The topological polar surface area (TPSA) is 104 Å². The van der Waals surface area contributed by atoms with E-state index in [0.717, 1.165) is 12.1 Å². The molecule has 12 heteroatoms. The molecule has 0 aliphatic rings. The zero-order valence-corrected chi connectivity index (χ0v) is 19.2. The fourth-order valence-electron chi connectivity index (χ4n) is 2.85. The molecule has 1 aromatic heterocycles. The Morgan fingerprint density at radius 2 is 1.67 bits per heavy atom. The second-order valence-electron chi connectivity index (χ2n) is 6.75. The minimum atomic E-state index is -4.14. The van der Waals surface area contributed by atoms with Gasteiger partial charge in [0.1, 0.15) is 0 Å². The van der Waals surface area contributed by atoms with E-state index in [1.54, 1.807) is 0 Å². The number of halogens is 3. The lowest BCUT2D eigenvalue weighted by atomic mass is 10.2. The molecule has 33 heavy (non-hydrogen) atoms. The van der Waals surface area contributed by atoms with Crippen molar-refractivity contribution in [1.82, 2.24) is 9.97 Å². The molecule has 0 bridgehead atoms. The molecule has 2 N–H and O–H groups in total. The van der Waals surface area contributed by atoms with Gasteiger partial charge < -0.3 is 10.2 Å². The molecule has 3 rings (SSSR count). The third kappa shape index (κ3) is 5.74. The molecule has 0 spiro atoms. The first-order valence-corrected chi connectivity index (χ1v) is 11.7. The molecule has 0 unspecified atom stereocenters. The first-order chi connectivity index (χ1) is 15.6. The molecule has 0 saturated carbocycles. The van der Waals surface area contributed by atoms with Gasteiger partial charge in [0, 0.05) is 24.5 Å². The van der Waals surface area contributed by atoms with Crippen LogP contribution in [0.1, 0.15) is 24.3 Å². The lowest BCUT2D eigenvalue weighted by Gasteiger charge is -2.19. The standard InChI is InChI=1S/C21H20ClF2N5O3S/c1-3-29(4-2)21-25-12-16(22)19(27-21)20(30)26-13-5-7-14(8-6-13)28-33(31,32)15-9-10-17(23)18(24)11-15/h5-12,28H,3-4H2,1-2H3,(H,26,30). The van der Waals surface area contributed by atoms with Crippen LogP contribution in [0, 0.1) is 11.6 Å². The lowest BCUT2D eigenvalue weighted by molar-refractivity contribution is 0.102. The van der Waals surface area contributed by atoms with E-state index < -0.39 is 32.5 Å². The Morgan fingerprint density at radius 3 is 2.27 bits per heavy atom. The minimum Gasteiger partial charge on any atom is -0.341 e. The van der Waals surface area contributed by atoms with Gasteiger partial charge in [0.2, 0.25) is 5.95 Å². The summed E-state index contributed by atoms with van der Waals surface area (Å²) in [6, 6.07) is 7.98. The number of anilines is 3. The maximum atomic E-state index is 13.4. The molecule has 1 heterocycles. The molecule has 0 aliphatic carbocycles. The Morgan fingerprint density at radius 1 is 1.03 bits per heavy atom. The maximum Gasteiger partial charge on any atom is 0.276 e. The number of hydrogen-bond donors (Lipinski definition) is 2. The molecule has 0 aliphatic heterocycles. The average molecular weight is 496 g/mol. The first-order valence-electron chi connectivity index (χ1n) is 9.81. The number of carbonyl (C=O) groups is 1. The summed E-state index contributed by atoms with van der Waals surface area (Å²) in [4.78, 5) is 22.5. The third-order valence-corrected chi connectivity index (χ3v) is 6.24. The first kappa shape index (κ1) is 24.3. The van der Waals surface area contributed by atoms with Gasteiger partial charge in [-0.2, -0.15) is 0 Å². The Labute approximate surface area is 194 Å². The van der Waals surface area contributed by atoms with E-state index in [2.05, 4.69) is 20.0 Å². The highest BCUT2D eigenvalue weighted by molar-refractivity contribution is 7.92. The van der Waals surface area contributed by atoms with Crippen LogP contribution in [-0.4, -0.2) is 37.4 Å². The summed E-state index contributed by atoms with van der Waals surface area (Å²) in [6.45, 7) is 5.18. The van der Waals surface area contributed by atoms with Gasteiger partial charge in [0.25, 0.3) is 15.9 Å². The summed E-state index contributed by atoms with van der Waals surface area (Å²) in [6.07, 6.45) is 1.35. The van der Waals surface area contributed by atoms with Gasteiger partial charge in [-0.3, -0.25) is 9.52 Å². The highest BCUT2D eigenvalue weighted by Gasteiger charge is 2.18. The summed E-state index contributed by atoms with van der Waals surface area (Å²) in [7, 11) is -4.14. The summed E-state index contributed by atoms with van der Waals surface area (Å²) >= 11 is 6.09. The van der Waals surface area contributed by atoms with Gasteiger partial charge >= 0.3 is 0 Å². The summed E-state index contributed by atoms with van der Waals surface area (Å²) < 4.78 is 53.5. The smallest absolute Gasteiger partial charge is 0.276 e. The Hall–Kier alpha value is -3.31. The molecule has 174 valence electrons. The van der Waals surface area contributed by atoms with Crippen LogP contribution in [-0.2, 0) is 10.0 Å². The Kier molecular flexibility index (Phi) is 7.44. The lowest BCUT2D eigenvalue weighted by Crippen LogP contribution is -2.25. The van der Waals surface area contributed by atoms with Crippen molar-refractivity contribution >= 4 is 44.9 Å². The largest absolute Gasteiger partial charge is 0.341 e. The van der Waals surface area contributed by atoms with E-state index in [1.165, 1.54) is 30.5 Å². The van der Waals surface area contributed by atoms with E-state index in [0.29, 0.717) is 30.8 Å². The normalized spacial score (nSPS) is 11.2. The van der Waals surface area contributed by atoms with E-state index >= 15 is 0 Å². The molecule has 0 atom stereocenters. The van der Waals surface area contributed by atoms with E-state index in [9.17, 15) is 22.0 Å². The molecular formula is C21H20ClF2N5O3S. The fraction of sp³-hybridized carbons (Fsp3) is 0.190. The molecule has 0 saturated heterocycles. The molecule has 2 aromatic carbocycles. The van der Waals surface area contributed by atoms with Crippen molar-refractivity contribution in [2.75, 3.05) is 28.0 Å². The number of amides is 1. The van der Waals surface area contributed by atoms with Crippen molar-refractivity contribution < 1.29 is 22.0 Å². The van der Waals surface area contributed by atoms with Gasteiger partial charge in [0.05, 0.1) is 16.1 Å². The third-order valence-electron chi connectivity index (χ3n) is 4.59. The Bertz CT molecular complexity index is 1270. The number of aromatic nitrogens is 2. The van der Waals surface area contributed by atoms with Gasteiger partial charge in [-0.05, 0) is 56.3 Å². The van der Waals surface area contributed by atoms with Crippen molar-refractivity contribution in [2.45, 2.75) is 18.7 Å². The zero-order valence-electron chi connectivity index (χ0n) is 17.6. The predicted molar refractivity (Wildman–Crippen MR) is 122 cm³/mol. The summed E-state index contributed by atoms with van der Waals surface area (Å²) in [5, 5.41) is 2.72. The number of nitrogens with one attached hydrogen (secondary N) is 2. The monoisotopic (exact) mass is 495 g/mol. The van der Waals surface area contributed by atoms with E-state index in [1.807, 2.05) is 18.7 Å². The number of nitrogens with zero attached hydrogens (tertiary/aromatic N) is 3. The van der Waals surface area contributed by atoms with E-state index in [-0.39, 0.29) is 16.4 Å². The minimum absolute atomic E-state index is 0.00307. The number of carbonyl (C=O) groups excluding carboxylic acids is 1. The van der Waals surface area contributed by atoms with Crippen molar-refractivity contribution in [3.8, 4) is 0 Å². The Balaban J connectivity index is 1.74. The summed E-state index contributed by atoms with van der Waals surface area (Å²) in [5.41, 5.74) is 0.508. The fourth-order valence-corrected chi connectivity index (χ4v) is 4.09. The molecule has 3 aromatic rings. The van der Waals surface area contributed by atoms with Gasteiger partial charge in [-0.15, -0.1) is 0 Å². The number of sulfonamides is 1. The highest BCUT2D eigenvalue weighted by Crippen LogP contribution is 2.22. The second-order valence-corrected chi connectivity index (χ2v) is 8.84. The zero-order chi connectivity index (χ0) is 24.2. The van der Waals surface area contributed by atoms with Crippen LogP contribution in [0.4, 0.5) is 26.1 Å². The number of hydrogen-bond acceptors (Lipinski definition) is 6. The molecule has 0 fully saturated rings. The van der Waals surface area contributed by atoms with Gasteiger partial charge in [0.15, 0.2) is 17.3 Å². The van der Waals surface area contributed by atoms with Crippen molar-refractivity contribution in [1.29, 1.82) is 0 Å². The average Bonchev–Trinajstić information content (AvgIpc) is 2.78. The molecule has 0 radical (unpaired) electrons. The molecular weight excluding hydrogens is 476 g/mol. The number of rotatable bonds is 8. The maximum absolute atomic E-state index is 13.4. The van der Waals surface area contributed by atoms with Crippen LogP contribution in [0.3, 0.4) is 0 Å². The SMILES string of the molecule is CCN(CC)c1ncc(Cl)c(C(=O)Nc2ccc(NS(=O)(=O)c3ccc(F)c(F)c3)cc2)n1. The van der Waals surface area contributed by atoms with Crippen molar-refractivity contribution in [3.05, 3.63) is 71.0 Å². The van der Waals surface area contributed by atoms with Gasteiger partial charge in [-0.25, -0.2) is 27.2 Å². The van der Waals surface area contributed by atoms with Crippen LogP contribution in [0.15, 0.2) is 53.6 Å². The van der Waals surface area contributed by atoms with Crippen molar-refractivity contribution in [2.24, 2.45) is 0 Å². The van der Waals surface area contributed by atoms with Crippen molar-refractivity contribution in [3.63, 3.8) is 0 Å². The second kappa shape index (κ2) is 10.1. The van der Waals surface area contributed by atoms with Gasteiger partial charge in [-0.1, -0.05) is 11.6 Å². The number of benzene rings is 2. The summed E-state index contributed by atoms with van der Waals surface area (Å²) in [5.74, 6) is -2.62. The quantitative estimate of drug-likeness (QED) is 0.482. The molecule has 8 nitrogen and oxygen atoms in total. The predicted octanol–water partition coefficient (Wildman–Crippen LogP) is 4.31.